The summed E-state index contributed by atoms with van der Waals surface area (Å²) in [7, 11) is 0. The lowest BCUT2D eigenvalue weighted by atomic mass is 9.61. The van der Waals surface area contributed by atoms with Gasteiger partial charge in [-0.3, -0.25) is 4.79 Å². The third-order valence-electron chi connectivity index (χ3n) is 5.57. The second kappa shape index (κ2) is 4.59. The summed E-state index contributed by atoms with van der Waals surface area (Å²) in [5.74, 6) is 2.77. The fourth-order valence-corrected chi connectivity index (χ4v) is 4.03. The van der Waals surface area contributed by atoms with Crippen molar-refractivity contribution in [3.05, 3.63) is 11.6 Å². The Labute approximate surface area is 106 Å². The molecule has 4 atom stereocenters. The molecule has 0 heterocycles. The van der Waals surface area contributed by atoms with Crippen LogP contribution in [0.5, 0.6) is 0 Å². The van der Waals surface area contributed by atoms with Crippen molar-refractivity contribution in [2.75, 3.05) is 0 Å². The Kier molecular flexibility index (Phi) is 3.47. The molecule has 0 saturated heterocycles. The van der Waals surface area contributed by atoms with Crippen LogP contribution in [0.25, 0.3) is 0 Å². The van der Waals surface area contributed by atoms with Gasteiger partial charge >= 0.3 is 0 Å². The zero-order chi connectivity index (χ0) is 12.6. The Balaban J connectivity index is 2.11. The van der Waals surface area contributed by atoms with Gasteiger partial charge in [-0.2, -0.15) is 0 Å². The molecular formula is C16H26O. The number of carbonyl (C=O) groups is 1. The van der Waals surface area contributed by atoms with E-state index in [1.807, 2.05) is 0 Å². The quantitative estimate of drug-likeness (QED) is 0.708. The predicted octanol–water partition coefficient (Wildman–Crippen LogP) is 4.37. The van der Waals surface area contributed by atoms with E-state index in [0.717, 1.165) is 29.7 Å². The molecule has 0 aliphatic heterocycles. The summed E-state index contributed by atoms with van der Waals surface area (Å²) < 4.78 is 0. The van der Waals surface area contributed by atoms with Crippen LogP contribution in [-0.2, 0) is 4.79 Å². The molecule has 2 aliphatic rings. The summed E-state index contributed by atoms with van der Waals surface area (Å²) in [6.07, 6.45) is 8.52. The second-order valence-electron chi connectivity index (χ2n) is 6.44. The molecule has 1 fully saturated rings. The molecule has 2 aliphatic carbocycles. The first-order valence-electron chi connectivity index (χ1n) is 7.20. The van der Waals surface area contributed by atoms with Gasteiger partial charge in [0.05, 0.1) is 0 Å². The maximum absolute atomic E-state index is 11.7. The molecule has 96 valence electrons. The standard InChI is InChI=1S/C16H26O/c1-5-11(2)13-8-9-16(4)14(10-13)6-7-15(16)12(3)17/h7,11,13-14H,5-6,8-10H2,1-4H3/t11-,13?,14?,16?/m0/s1. The fraction of sp³-hybridized carbons (Fsp3) is 0.812. The first-order chi connectivity index (χ1) is 7.99. The lowest BCUT2D eigenvalue weighted by Gasteiger charge is -2.43. The lowest BCUT2D eigenvalue weighted by Crippen LogP contribution is -2.35. The van der Waals surface area contributed by atoms with Gasteiger partial charge in [0.2, 0.25) is 0 Å². The van der Waals surface area contributed by atoms with Crippen molar-refractivity contribution in [3.63, 3.8) is 0 Å². The van der Waals surface area contributed by atoms with Crippen LogP contribution in [0.2, 0.25) is 0 Å². The summed E-state index contributed by atoms with van der Waals surface area (Å²) in [6.45, 7) is 8.75. The molecule has 0 aromatic carbocycles. The molecule has 0 aromatic heterocycles. The van der Waals surface area contributed by atoms with Gasteiger partial charge < -0.3 is 0 Å². The Morgan fingerprint density at radius 2 is 2.29 bits per heavy atom. The SMILES string of the molecule is CC[C@H](C)C1CCC2(C)C(C(C)=O)=CCC2C1. The van der Waals surface area contributed by atoms with Crippen molar-refractivity contribution >= 4 is 5.78 Å². The number of allylic oxidation sites excluding steroid dienone is 2. The summed E-state index contributed by atoms with van der Waals surface area (Å²) in [5.41, 5.74) is 1.33. The van der Waals surface area contributed by atoms with E-state index in [4.69, 9.17) is 0 Å². The predicted molar refractivity (Wildman–Crippen MR) is 71.8 cm³/mol. The minimum Gasteiger partial charge on any atom is -0.295 e. The van der Waals surface area contributed by atoms with Crippen LogP contribution in [-0.4, -0.2) is 5.78 Å². The van der Waals surface area contributed by atoms with Crippen LogP contribution < -0.4 is 0 Å². The zero-order valence-corrected chi connectivity index (χ0v) is 11.8. The van der Waals surface area contributed by atoms with Gasteiger partial charge in [0, 0.05) is 0 Å². The minimum absolute atomic E-state index is 0.204. The molecule has 0 aromatic rings. The average molecular weight is 234 g/mol. The minimum atomic E-state index is 0.204. The Morgan fingerprint density at radius 3 is 2.88 bits per heavy atom. The van der Waals surface area contributed by atoms with Crippen LogP contribution in [0.15, 0.2) is 11.6 Å². The molecule has 0 spiro atoms. The summed E-state index contributed by atoms with van der Waals surface area (Å²) in [5, 5.41) is 0. The summed E-state index contributed by atoms with van der Waals surface area (Å²) in [4.78, 5) is 11.7. The van der Waals surface area contributed by atoms with Gasteiger partial charge in [0.25, 0.3) is 0 Å². The molecule has 0 radical (unpaired) electrons. The maximum atomic E-state index is 11.7. The highest BCUT2D eigenvalue weighted by Crippen LogP contribution is 2.55. The van der Waals surface area contributed by atoms with E-state index < -0.39 is 0 Å². The topological polar surface area (TPSA) is 17.1 Å². The van der Waals surface area contributed by atoms with Crippen LogP contribution in [0.3, 0.4) is 0 Å². The Morgan fingerprint density at radius 1 is 1.59 bits per heavy atom. The monoisotopic (exact) mass is 234 g/mol. The van der Waals surface area contributed by atoms with Crippen LogP contribution in [0.4, 0.5) is 0 Å². The maximum Gasteiger partial charge on any atom is 0.156 e. The third-order valence-corrected chi connectivity index (χ3v) is 5.57. The van der Waals surface area contributed by atoms with E-state index >= 15 is 0 Å². The summed E-state index contributed by atoms with van der Waals surface area (Å²) in [6, 6.07) is 0. The van der Waals surface area contributed by atoms with E-state index in [2.05, 4.69) is 26.8 Å². The number of hydrogen-bond acceptors (Lipinski definition) is 1. The first kappa shape index (κ1) is 12.9. The van der Waals surface area contributed by atoms with Crippen molar-refractivity contribution in [1.82, 2.24) is 0 Å². The highest BCUT2D eigenvalue weighted by Gasteiger charge is 2.46. The highest BCUT2D eigenvalue weighted by atomic mass is 16.1. The number of ketones is 1. The van der Waals surface area contributed by atoms with E-state index in [9.17, 15) is 4.79 Å². The van der Waals surface area contributed by atoms with E-state index in [1.165, 1.54) is 25.7 Å². The van der Waals surface area contributed by atoms with Crippen molar-refractivity contribution in [1.29, 1.82) is 0 Å². The number of carbonyl (C=O) groups excluding carboxylic acids is 1. The van der Waals surface area contributed by atoms with Crippen LogP contribution in [0, 0.1) is 23.2 Å². The largest absolute Gasteiger partial charge is 0.295 e. The van der Waals surface area contributed by atoms with Crippen molar-refractivity contribution in [2.45, 2.75) is 59.8 Å². The molecule has 2 rings (SSSR count). The first-order valence-corrected chi connectivity index (χ1v) is 7.20. The number of Topliss-reactive ketones (excluding diaryl/α,β-unsaturated/α-hetero) is 1. The highest BCUT2D eigenvalue weighted by molar-refractivity contribution is 5.95. The fourth-order valence-electron chi connectivity index (χ4n) is 4.03. The molecule has 1 nitrogen and oxygen atoms in total. The van der Waals surface area contributed by atoms with Gasteiger partial charge in [-0.1, -0.05) is 33.3 Å². The lowest BCUT2D eigenvalue weighted by molar-refractivity contribution is -0.115. The van der Waals surface area contributed by atoms with E-state index in [-0.39, 0.29) is 5.41 Å². The Bertz CT molecular complexity index is 341. The van der Waals surface area contributed by atoms with Gasteiger partial charge in [-0.25, -0.2) is 0 Å². The van der Waals surface area contributed by atoms with Gasteiger partial charge in [0.1, 0.15) is 0 Å². The molecule has 1 saturated carbocycles. The summed E-state index contributed by atoms with van der Waals surface area (Å²) >= 11 is 0. The third kappa shape index (κ3) is 2.09. The van der Waals surface area contributed by atoms with Crippen molar-refractivity contribution < 1.29 is 4.79 Å². The molecule has 0 N–H and O–H groups in total. The number of hydrogen-bond donors (Lipinski definition) is 0. The van der Waals surface area contributed by atoms with Crippen molar-refractivity contribution in [3.8, 4) is 0 Å². The Hall–Kier alpha value is -0.590. The van der Waals surface area contributed by atoms with Gasteiger partial charge in [-0.05, 0) is 61.3 Å². The molecule has 17 heavy (non-hydrogen) atoms. The molecule has 3 unspecified atom stereocenters. The molecule has 1 heteroatoms. The second-order valence-corrected chi connectivity index (χ2v) is 6.44. The normalized spacial score (nSPS) is 38.5. The number of rotatable bonds is 3. The molecular weight excluding hydrogens is 208 g/mol. The zero-order valence-electron chi connectivity index (χ0n) is 11.8. The molecule has 0 bridgehead atoms. The molecule has 0 amide bonds. The number of fused-ring (bicyclic) bond motifs is 1. The smallest absolute Gasteiger partial charge is 0.156 e. The van der Waals surface area contributed by atoms with Gasteiger partial charge in [-0.15, -0.1) is 0 Å². The van der Waals surface area contributed by atoms with Gasteiger partial charge in [0.15, 0.2) is 5.78 Å². The van der Waals surface area contributed by atoms with Crippen LogP contribution in [0.1, 0.15) is 59.8 Å². The van der Waals surface area contributed by atoms with E-state index in [1.54, 1.807) is 6.92 Å². The average Bonchev–Trinajstić information content (AvgIpc) is 2.64. The van der Waals surface area contributed by atoms with Crippen LogP contribution >= 0.6 is 0 Å². The van der Waals surface area contributed by atoms with Crippen molar-refractivity contribution in [2.24, 2.45) is 23.2 Å². The van der Waals surface area contributed by atoms with E-state index in [0.29, 0.717) is 5.78 Å².